The molecule has 4 rings (SSSR count). The second-order valence-corrected chi connectivity index (χ2v) is 7.16. The van der Waals surface area contributed by atoms with Gasteiger partial charge in [0.05, 0.1) is 39.8 Å². The van der Waals surface area contributed by atoms with Crippen LogP contribution in [0.5, 0.6) is 23.0 Å². The number of hydrogen-bond donors (Lipinski definition) is 0. The van der Waals surface area contributed by atoms with Crippen LogP contribution in [0.2, 0.25) is 0 Å². The second-order valence-electron chi connectivity index (χ2n) is 7.16. The first kappa shape index (κ1) is 21.2. The summed E-state index contributed by atoms with van der Waals surface area (Å²) in [5.74, 6) is 2.92. The van der Waals surface area contributed by atoms with Gasteiger partial charge in [-0.15, -0.1) is 0 Å². The molecule has 0 spiro atoms. The van der Waals surface area contributed by atoms with Gasteiger partial charge in [-0.25, -0.2) is 4.98 Å². The van der Waals surface area contributed by atoms with Crippen molar-refractivity contribution in [3.63, 3.8) is 0 Å². The highest BCUT2D eigenvalue weighted by atomic mass is 16.5. The summed E-state index contributed by atoms with van der Waals surface area (Å²) < 4.78 is 21.7. The molecule has 0 unspecified atom stereocenters. The molecule has 0 fully saturated rings. The van der Waals surface area contributed by atoms with E-state index in [9.17, 15) is 0 Å². The maximum atomic E-state index is 5.52. The standard InChI is InChI=1S/C27H25NO4/c1-29-22-9-5-7-19(13-22)24-15-21(18-11-12-26(31-3)27(17-18)32-4)16-25(28-24)20-8-6-10-23(14-20)30-2/h5-17H,1-4H3. The molecule has 0 aliphatic carbocycles. The molecular formula is C27H25NO4. The van der Waals surface area contributed by atoms with E-state index < -0.39 is 0 Å². The number of pyridine rings is 1. The molecule has 3 aromatic carbocycles. The molecule has 0 aliphatic rings. The van der Waals surface area contributed by atoms with Crippen LogP contribution in [-0.2, 0) is 0 Å². The Bertz CT molecular complexity index is 1170. The van der Waals surface area contributed by atoms with Crippen molar-refractivity contribution < 1.29 is 18.9 Å². The van der Waals surface area contributed by atoms with Crippen molar-refractivity contribution in [3.05, 3.63) is 78.9 Å². The van der Waals surface area contributed by atoms with Gasteiger partial charge in [0, 0.05) is 11.1 Å². The minimum Gasteiger partial charge on any atom is -0.497 e. The summed E-state index contributed by atoms with van der Waals surface area (Å²) >= 11 is 0. The van der Waals surface area contributed by atoms with Crippen LogP contribution < -0.4 is 18.9 Å². The third-order valence-corrected chi connectivity index (χ3v) is 5.27. The van der Waals surface area contributed by atoms with Crippen molar-refractivity contribution >= 4 is 0 Å². The number of hydrogen-bond acceptors (Lipinski definition) is 5. The third-order valence-electron chi connectivity index (χ3n) is 5.27. The Hall–Kier alpha value is -3.99. The van der Waals surface area contributed by atoms with Gasteiger partial charge in [0.2, 0.25) is 0 Å². The van der Waals surface area contributed by atoms with Crippen molar-refractivity contribution in [1.29, 1.82) is 0 Å². The summed E-state index contributed by atoms with van der Waals surface area (Å²) in [6.07, 6.45) is 0. The van der Waals surface area contributed by atoms with E-state index in [0.29, 0.717) is 11.5 Å². The molecule has 0 saturated carbocycles. The first-order chi connectivity index (χ1) is 15.6. The van der Waals surface area contributed by atoms with Crippen LogP contribution in [0.1, 0.15) is 0 Å². The molecule has 32 heavy (non-hydrogen) atoms. The van der Waals surface area contributed by atoms with Crippen molar-refractivity contribution in [2.45, 2.75) is 0 Å². The fraction of sp³-hybridized carbons (Fsp3) is 0.148. The summed E-state index contributed by atoms with van der Waals surface area (Å²) in [5, 5.41) is 0. The summed E-state index contributed by atoms with van der Waals surface area (Å²) in [4.78, 5) is 4.96. The van der Waals surface area contributed by atoms with E-state index in [2.05, 4.69) is 12.1 Å². The molecule has 0 amide bonds. The highest BCUT2D eigenvalue weighted by molar-refractivity contribution is 5.78. The molecule has 0 aliphatic heterocycles. The first-order valence-corrected chi connectivity index (χ1v) is 10.2. The molecular weight excluding hydrogens is 402 g/mol. The van der Waals surface area contributed by atoms with Crippen LogP contribution in [0, 0.1) is 0 Å². The molecule has 5 heteroatoms. The fourth-order valence-corrected chi connectivity index (χ4v) is 3.57. The monoisotopic (exact) mass is 427 g/mol. The molecule has 0 radical (unpaired) electrons. The molecule has 0 saturated heterocycles. The number of benzene rings is 3. The largest absolute Gasteiger partial charge is 0.497 e. The second kappa shape index (κ2) is 9.43. The number of aromatic nitrogens is 1. The van der Waals surface area contributed by atoms with Crippen LogP contribution in [0.25, 0.3) is 33.6 Å². The van der Waals surface area contributed by atoms with Gasteiger partial charge >= 0.3 is 0 Å². The minimum absolute atomic E-state index is 0.674. The average molecular weight is 428 g/mol. The summed E-state index contributed by atoms with van der Waals surface area (Å²) in [6.45, 7) is 0. The van der Waals surface area contributed by atoms with Gasteiger partial charge in [0.1, 0.15) is 11.5 Å². The average Bonchev–Trinajstić information content (AvgIpc) is 2.88. The quantitative estimate of drug-likeness (QED) is 0.356. The van der Waals surface area contributed by atoms with Crippen LogP contribution in [0.15, 0.2) is 78.9 Å². The highest BCUT2D eigenvalue weighted by Crippen LogP contribution is 2.36. The van der Waals surface area contributed by atoms with Crippen LogP contribution in [-0.4, -0.2) is 33.4 Å². The SMILES string of the molecule is COc1cccc(-c2cc(-c3ccc(OC)c(OC)c3)cc(-c3cccc(OC)c3)n2)c1. The number of methoxy groups -OCH3 is 4. The van der Waals surface area contributed by atoms with Gasteiger partial charge in [-0.3, -0.25) is 0 Å². The molecule has 1 heterocycles. The third kappa shape index (κ3) is 4.37. The van der Waals surface area contributed by atoms with Crippen LogP contribution >= 0.6 is 0 Å². The molecule has 5 nitrogen and oxygen atoms in total. The minimum atomic E-state index is 0.674. The smallest absolute Gasteiger partial charge is 0.161 e. The lowest BCUT2D eigenvalue weighted by molar-refractivity contribution is 0.355. The maximum Gasteiger partial charge on any atom is 0.161 e. The Kier molecular flexibility index (Phi) is 6.26. The predicted octanol–water partition coefficient (Wildman–Crippen LogP) is 6.12. The van der Waals surface area contributed by atoms with E-state index in [4.69, 9.17) is 23.9 Å². The first-order valence-electron chi connectivity index (χ1n) is 10.2. The summed E-state index contributed by atoms with van der Waals surface area (Å²) in [5.41, 5.74) is 5.63. The zero-order valence-corrected chi connectivity index (χ0v) is 18.6. The molecule has 0 atom stereocenters. The predicted molar refractivity (Wildman–Crippen MR) is 127 cm³/mol. The van der Waals surface area contributed by atoms with Crippen molar-refractivity contribution in [2.24, 2.45) is 0 Å². The molecule has 0 bridgehead atoms. The van der Waals surface area contributed by atoms with Gasteiger partial charge in [-0.05, 0) is 59.7 Å². The topological polar surface area (TPSA) is 49.8 Å². The van der Waals surface area contributed by atoms with Crippen molar-refractivity contribution in [2.75, 3.05) is 28.4 Å². The Labute approximate surface area is 188 Å². The van der Waals surface area contributed by atoms with Gasteiger partial charge in [-0.2, -0.15) is 0 Å². The molecule has 4 aromatic rings. The summed E-state index contributed by atoms with van der Waals surface area (Å²) in [6, 6.07) is 25.8. The van der Waals surface area contributed by atoms with Crippen LogP contribution in [0.3, 0.4) is 0 Å². The molecule has 1 aromatic heterocycles. The maximum absolute atomic E-state index is 5.52. The zero-order valence-electron chi connectivity index (χ0n) is 18.6. The van der Waals surface area contributed by atoms with Crippen molar-refractivity contribution in [3.8, 4) is 56.6 Å². The lowest BCUT2D eigenvalue weighted by Crippen LogP contribution is -1.94. The van der Waals surface area contributed by atoms with E-state index in [0.717, 1.165) is 45.1 Å². The van der Waals surface area contributed by atoms with Crippen molar-refractivity contribution in [1.82, 2.24) is 4.98 Å². The summed E-state index contributed by atoms with van der Waals surface area (Å²) in [7, 11) is 6.59. The lowest BCUT2D eigenvalue weighted by Gasteiger charge is -2.13. The lowest BCUT2D eigenvalue weighted by atomic mass is 9.99. The Morgan fingerprint density at radius 3 is 1.53 bits per heavy atom. The number of ether oxygens (including phenoxy) is 4. The van der Waals surface area contributed by atoms with E-state index in [1.807, 2.05) is 66.7 Å². The van der Waals surface area contributed by atoms with Gasteiger partial charge in [0.25, 0.3) is 0 Å². The van der Waals surface area contributed by atoms with E-state index in [1.165, 1.54) is 0 Å². The highest BCUT2D eigenvalue weighted by Gasteiger charge is 2.12. The Morgan fingerprint density at radius 1 is 0.469 bits per heavy atom. The van der Waals surface area contributed by atoms with E-state index in [1.54, 1.807) is 28.4 Å². The number of nitrogens with zero attached hydrogens (tertiary/aromatic N) is 1. The van der Waals surface area contributed by atoms with Gasteiger partial charge in [0.15, 0.2) is 11.5 Å². The zero-order chi connectivity index (χ0) is 22.5. The Morgan fingerprint density at radius 2 is 1.03 bits per heavy atom. The number of rotatable bonds is 7. The normalized spacial score (nSPS) is 10.5. The van der Waals surface area contributed by atoms with Gasteiger partial charge in [-0.1, -0.05) is 30.3 Å². The van der Waals surface area contributed by atoms with Crippen LogP contribution in [0.4, 0.5) is 0 Å². The fourth-order valence-electron chi connectivity index (χ4n) is 3.57. The van der Waals surface area contributed by atoms with E-state index in [-0.39, 0.29) is 0 Å². The van der Waals surface area contributed by atoms with E-state index >= 15 is 0 Å². The molecule has 0 N–H and O–H groups in total. The Balaban J connectivity index is 1.91. The molecule has 162 valence electrons. The van der Waals surface area contributed by atoms with Gasteiger partial charge < -0.3 is 18.9 Å².